The normalized spacial score (nSPS) is 26.3. The van der Waals surface area contributed by atoms with Gasteiger partial charge in [0.15, 0.2) is 29.8 Å². The predicted molar refractivity (Wildman–Crippen MR) is 526 cm³/mol. The number of carbonyl (C=O) groups excluding carboxylic acids is 18. The molecule has 0 aliphatic carbocycles. The van der Waals surface area contributed by atoms with E-state index in [1.807, 2.05) is 0 Å². The molecule has 18 amide bonds. The molecule has 0 spiro atoms. The largest absolute Gasteiger partial charge is 0.391 e. The van der Waals surface area contributed by atoms with E-state index in [0.29, 0.717) is 6.42 Å². The first-order chi connectivity index (χ1) is 65.3. The van der Waals surface area contributed by atoms with Crippen molar-refractivity contribution in [2.24, 2.45) is 52.2 Å². The Morgan fingerprint density at radius 2 is 0.558 bits per heavy atom. The van der Waals surface area contributed by atoms with E-state index < -0.39 is 304 Å². The second-order valence-corrected chi connectivity index (χ2v) is 41.4. The number of guanidine groups is 5. The number of fused-ring (bicyclic) bond motifs is 15. The smallest absolute Gasteiger partial charge is 0.245 e. The van der Waals surface area contributed by atoms with E-state index >= 15 is 47.9 Å². The Kier molecular flexibility index (Phi) is 54.8. The van der Waals surface area contributed by atoms with E-state index in [0.717, 1.165) is 71.7 Å². The third-order valence-corrected chi connectivity index (χ3v) is 28.7. The lowest BCUT2D eigenvalue weighted by Crippen LogP contribution is -2.63. The van der Waals surface area contributed by atoms with E-state index in [-0.39, 0.29) is 129 Å². The molecule has 4 aliphatic rings. The Morgan fingerprint density at radius 3 is 0.862 bits per heavy atom. The molecule has 138 heavy (non-hydrogen) atoms. The van der Waals surface area contributed by atoms with Crippen LogP contribution in [0, 0.1) is 44.8 Å². The van der Waals surface area contributed by atoms with E-state index in [4.69, 9.17) is 61.4 Å². The third-order valence-electron chi connectivity index (χ3n) is 21.5. The number of carbonyl (C=O) groups is 18. The first-order valence-corrected chi connectivity index (χ1v) is 52.7. The second kappa shape index (κ2) is 63.4. The molecule has 0 aromatic carbocycles. The lowest BCUT2D eigenvalue weighted by Gasteiger charge is -2.30. The summed E-state index contributed by atoms with van der Waals surface area (Å²) in [7, 11) is 4.83. The van der Waals surface area contributed by atoms with E-state index in [2.05, 4.69) is 122 Å². The quantitative estimate of drug-likeness (QED) is 0.0137. The van der Waals surface area contributed by atoms with Crippen LogP contribution in [-0.2, 0) is 86.3 Å². The van der Waals surface area contributed by atoms with Crippen LogP contribution in [0.5, 0.6) is 0 Å². The van der Waals surface area contributed by atoms with Gasteiger partial charge in [0.05, 0.1) is 19.2 Å². The summed E-state index contributed by atoms with van der Waals surface area (Å²) in [6, 6.07) is -26.9. The van der Waals surface area contributed by atoms with Crippen molar-refractivity contribution in [2.75, 3.05) is 86.9 Å². The van der Waals surface area contributed by atoms with E-state index in [9.17, 15) is 43.5 Å². The Bertz CT molecular complexity index is 4210. The minimum absolute atomic E-state index is 0.00715. The standard InChI is InChI=1S/C79H140N34O19S6/c1-8-39(6)57-73(131)110-53-36-138-133-31-48(105-61(119)43(16-9-10-22-80)98-54(115)29-96-60(118)42(18-12-24-92-76(83)84)103-74(132)58(40(7)114)113-71(53)129)66(124)101-45(20-14-26-94-78(87)88)63(121)106-50-33-135-137-35-52(70(128)112-57)107-64(122)46(21-15-27-95-79(89)90)102-68(126)51-34-136-134-32-49(108-65(123)47(28-37(2)3)104-69(50)127)67(125)100-44(19-13-25-93-77(85)86)62(120)99-41(17-11-23-91-75(81)82)59(117)97-30-55(116)111-56(38(4)5)72(130)109-51/h37-53,56-58,114H,8-36,80H2,1-7H3,(H,96,118)(H,97,117)(H,98,115)(H,99,120)(H,100,125)(H,101,124)(H,102,126)(H,103,132)(H,104,127)(H,105,119)(H,106,121)(H,107,122)(H,108,123)(H,109,130)(H,110,131)(H,111,116)(H,112,128)(H,113,129)(H4,81,82,91)(H4,83,84,92)(H4,85,86,93)(H4,87,88,94)(H4,89,90,95)/t39-,40+,41-,42-,43-,44-,45-,46-,47-,48-,49-,50-,51-,52-,53-,56-,57-,58-/m0/s1. The van der Waals surface area contributed by atoms with Gasteiger partial charge in [-0.3, -0.25) is 113 Å². The van der Waals surface area contributed by atoms with Gasteiger partial charge in [-0.05, 0) is 121 Å². The molecular weight excluding hydrogens is 1920 g/mol. The first-order valence-electron chi connectivity index (χ1n) is 45.2. The zero-order valence-electron chi connectivity index (χ0n) is 78.3. The SMILES string of the molecule is CC[C@H](C)[C@@H]1NC(=O)[C@@H]2CSSC[C@H](NC(=O)[C@H](CCCNC(=N)N)NC(=O)[C@@H]3CSSC[C@H](NC1=O)C(=O)N[C@@H]([C@@H](C)O)C(=O)N[C@@H](CCCNC(=N)N)C(=O)NCC(=O)N[C@@H](CCCCN)C(=O)N3)C(=O)N[C@@H](CC(C)C)C(=O)N[C@H]1CSSC[C@H](NC(=O)[C@H](C(C)C)NC(=O)CNC(=O)[C@H](CCCNC(=N)N)NC(=O)[C@H](CCCNC(=N)N)NC1=O)C(=O)N[C@@H](CCCNC(=N)N)C(=O)N2. The van der Waals surface area contributed by atoms with Crippen LogP contribution in [0.4, 0.5) is 0 Å². The number of hydrogen-bond donors (Lipinski definition) is 35. The minimum Gasteiger partial charge on any atom is -0.391 e. The van der Waals surface area contributed by atoms with Crippen molar-refractivity contribution >= 4 is 201 Å². The lowest BCUT2D eigenvalue weighted by molar-refractivity contribution is -0.137. The predicted octanol–water partition coefficient (Wildman–Crippen LogP) is -10.3. The van der Waals surface area contributed by atoms with Gasteiger partial charge in [0.25, 0.3) is 0 Å². The van der Waals surface area contributed by atoms with Gasteiger partial charge in [0.1, 0.15) is 96.7 Å². The van der Waals surface area contributed by atoms with Crippen molar-refractivity contribution in [2.45, 2.75) is 248 Å². The third kappa shape index (κ3) is 45.2. The maximum absolute atomic E-state index is 15.7. The van der Waals surface area contributed by atoms with Crippen LogP contribution in [0.2, 0.25) is 0 Å². The van der Waals surface area contributed by atoms with Crippen molar-refractivity contribution in [3.63, 3.8) is 0 Å². The average molecular weight is 2060 g/mol. The zero-order chi connectivity index (χ0) is 103. The van der Waals surface area contributed by atoms with Gasteiger partial charge in [-0.15, -0.1) is 0 Å². The maximum atomic E-state index is 15.7. The Balaban J connectivity index is 2.19. The summed E-state index contributed by atoms with van der Waals surface area (Å²) in [4.78, 5) is 270. The molecule has 4 saturated heterocycles. The molecule has 4 aliphatic heterocycles. The van der Waals surface area contributed by atoms with Crippen LogP contribution in [0.25, 0.3) is 0 Å². The van der Waals surface area contributed by atoms with E-state index in [1.165, 1.54) is 0 Å². The molecule has 4 fully saturated rings. The van der Waals surface area contributed by atoms with Crippen molar-refractivity contribution < 1.29 is 91.4 Å². The molecule has 776 valence electrons. The molecule has 6 bridgehead atoms. The van der Waals surface area contributed by atoms with Crippen LogP contribution in [0.15, 0.2) is 0 Å². The molecule has 59 heteroatoms. The summed E-state index contributed by atoms with van der Waals surface area (Å²) in [5.74, 6) is -26.3. The van der Waals surface area contributed by atoms with Gasteiger partial charge in [-0.2, -0.15) is 0 Å². The molecule has 0 aromatic rings. The number of unbranched alkanes of at least 4 members (excludes halogenated alkanes) is 1. The molecule has 53 nitrogen and oxygen atoms in total. The van der Waals surface area contributed by atoms with Gasteiger partial charge >= 0.3 is 0 Å². The van der Waals surface area contributed by atoms with E-state index in [1.54, 1.807) is 41.5 Å². The molecule has 18 atom stereocenters. The highest BCUT2D eigenvalue weighted by atomic mass is 33.1. The fourth-order valence-corrected chi connectivity index (χ4v) is 20.7. The van der Waals surface area contributed by atoms with Crippen LogP contribution < -0.4 is 157 Å². The second-order valence-electron chi connectivity index (χ2n) is 33.7. The highest BCUT2D eigenvalue weighted by Crippen LogP contribution is 2.28. The van der Waals surface area contributed by atoms with Crippen molar-refractivity contribution in [1.82, 2.24) is 122 Å². The number of hydrogen-bond acceptors (Lipinski definition) is 31. The summed E-state index contributed by atoms with van der Waals surface area (Å²) in [6.07, 6.45) is -2.88. The number of aliphatic hydroxyl groups is 1. The summed E-state index contributed by atoms with van der Waals surface area (Å²) < 4.78 is 0. The number of amides is 18. The topological polar surface area (TPSA) is 880 Å². The van der Waals surface area contributed by atoms with Crippen molar-refractivity contribution in [1.29, 1.82) is 27.0 Å². The van der Waals surface area contributed by atoms with Crippen LogP contribution in [0.3, 0.4) is 0 Å². The highest BCUT2D eigenvalue weighted by molar-refractivity contribution is 8.77. The number of rotatable bonds is 30. The molecule has 4 rings (SSSR count). The van der Waals surface area contributed by atoms with Gasteiger partial charge in [-0.25, -0.2) is 0 Å². The Morgan fingerprint density at radius 1 is 0.312 bits per heavy atom. The molecule has 0 aromatic heterocycles. The van der Waals surface area contributed by atoms with Gasteiger partial charge in [0.2, 0.25) is 106 Å². The molecule has 41 N–H and O–H groups in total. The van der Waals surface area contributed by atoms with Gasteiger partial charge in [-0.1, -0.05) is 113 Å². The molecule has 4 heterocycles. The Hall–Kier alpha value is -11.2. The molecule has 0 radical (unpaired) electrons. The Labute approximate surface area is 823 Å². The average Bonchev–Trinajstić information content (AvgIpc) is 0.833. The molecular formula is C79H140N34O19S6. The van der Waals surface area contributed by atoms with Gasteiger partial charge in [0, 0.05) is 67.2 Å². The van der Waals surface area contributed by atoms with Crippen LogP contribution in [0.1, 0.15) is 145 Å². The fourth-order valence-electron chi connectivity index (χ4n) is 13.7. The minimum atomic E-state index is -1.93. The number of nitrogens with two attached hydrogens (primary N) is 6. The number of nitrogens with one attached hydrogen (secondary N) is 28. The molecule has 0 unspecified atom stereocenters. The first kappa shape index (κ1) is 119. The summed E-state index contributed by atoms with van der Waals surface area (Å²) in [5.41, 5.74) is 33.9. The van der Waals surface area contributed by atoms with Crippen molar-refractivity contribution in [3.8, 4) is 0 Å². The zero-order valence-corrected chi connectivity index (χ0v) is 83.2. The lowest BCUT2D eigenvalue weighted by atomic mass is 9.97. The maximum Gasteiger partial charge on any atom is 0.245 e. The van der Waals surface area contributed by atoms with Crippen LogP contribution >= 0.6 is 64.8 Å². The fraction of sp³-hybridized carbons (Fsp3) is 0.709. The molecule has 0 saturated carbocycles. The summed E-state index contributed by atoms with van der Waals surface area (Å²) in [6.45, 7) is 9.01. The summed E-state index contributed by atoms with van der Waals surface area (Å²) >= 11 is 0. The van der Waals surface area contributed by atoms with Crippen molar-refractivity contribution in [3.05, 3.63) is 0 Å². The monoisotopic (exact) mass is 2060 g/mol. The van der Waals surface area contributed by atoms with Crippen LogP contribution in [-0.4, -0.2) is 331 Å². The highest BCUT2D eigenvalue weighted by Gasteiger charge is 2.42. The summed E-state index contributed by atoms with van der Waals surface area (Å²) in [5, 5.41) is 110. The number of aliphatic hydroxyl groups excluding tert-OH is 1. The van der Waals surface area contributed by atoms with Gasteiger partial charge < -0.3 is 162 Å².